The van der Waals surface area contributed by atoms with Crippen LogP contribution in [0.25, 0.3) is 0 Å². The second kappa shape index (κ2) is 6.29. The molecule has 0 unspecified atom stereocenters. The number of hydrogen-bond donors (Lipinski definition) is 0. The second-order valence-electron chi connectivity index (χ2n) is 3.25. The molecular weight excluding hydrogens is 298 g/mol. The molecule has 94 valence electrons. The van der Waals surface area contributed by atoms with Crippen LogP contribution in [0, 0.1) is 5.41 Å². The summed E-state index contributed by atoms with van der Waals surface area (Å²) >= 11 is 21.7. The first-order chi connectivity index (χ1) is 7.19. The van der Waals surface area contributed by atoms with E-state index in [2.05, 4.69) is 0 Å². The average Bonchev–Trinajstić information content (AvgIpc) is 2.16. The van der Waals surface area contributed by atoms with Gasteiger partial charge in [0.15, 0.2) is 0 Å². The molecule has 0 aliphatic rings. The zero-order chi connectivity index (χ0) is 13.0. The molecule has 0 heterocycles. The van der Waals surface area contributed by atoms with Crippen molar-refractivity contribution in [2.75, 3.05) is 6.61 Å². The number of esters is 1. The van der Waals surface area contributed by atoms with Crippen LogP contribution in [0.3, 0.4) is 0 Å². The molecule has 0 amide bonds. The van der Waals surface area contributed by atoms with E-state index in [1.54, 1.807) is 13.8 Å². The highest BCUT2D eigenvalue weighted by Gasteiger charge is 2.44. The molecule has 3 nitrogen and oxygen atoms in total. The number of ether oxygens (including phenoxy) is 1. The maximum absolute atomic E-state index is 11.7. The average molecular weight is 310 g/mol. The van der Waals surface area contributed by atoms with Crippen molar-refractivity contribution < 1.29 is 14.3 Å². The highest BCUT2D eigenvalue weighted by atomic mass is 35.6. The van der Waals surface area contributed by atoms with E-state index in [1.807, 2.05) is 0 Å². The predicted octanol–water partition coefficient (Wildman–Crippen LogP) is 3.47. The fraction of sp³-hybridized carbons (Fsp3) is 0.778. The zero-order valence-corrected chi connectivity index (χ0v) is 11.9. The van der Waals surface area contributed by atoms with Crippen LogP contribution in [0.5, 0.6) is 0 Å². The maximum atomic E-state index is 11.7. The highest BCUT2D eigenvalue weighted by molar-refractivity contribution is 6.68. The lowest BCUT2D eigenvalue weighted by Gasteiger charge is -2.25. The number of rotatable bonds is 5. The Bertz CT molecular complexity index is 268. The Morgan fingerprint density at radius 3 is 1.81 bits per heavy atom. The lowest BCUT2D eigenvalue weighted by atomic mass is 9.84. The first-order valence-corrected chi connectivity index (χ1v) is 6.14. The van der Waals surface area contributed by atoms with Crippen molar-refractivity contribution in [2.24, 2.45) is 5.41 Å². The van der Waals surface area contributed by atoms with Gasteiger partial charge < -0.3 is 4.74 Å². The maximum Gasteiger partial charge on any atom is 0.321 e. The lowest BCUT2D eigenvalue weighted by Crippen LogP contribution is -2.38. The Labute approximate surface area is 114 Å². The van der Waals surface area contributed by atoms with Gasteiger partial charge in [-0.1, -0.05) is 48.7 Å². The van der Waals surface area contributed by atoms with Gasteiger partial charge in [0.2, 0.25) is 9.03 Å². The molecule has 0 fully saturated rings. The van der Waals surface area contributed by atoms with Crippen LogP contribution in [-0.4, -0.2) is 21.6 Å². The molecule has 0 rings (SSSR count). The fourth-order valence-electron chi connectivity index (χ4n) is 1.18. The van der Waals surface area contributed by atoms with Crippen LogP contribution < -0.4 is 0 Å². The van der Waals surface area contributed by atoms with Crippen molar-refractivity contribution in [3.8, 4) is 0 Å². The third-order valence-corrected chi connectivity index (χ3v) is 3.03. The first kappa shape index (κ1) is 16.3. The number of carbonyl (C=O) groups excluding carboxylic acids is 2. The van der Waals surface area contributed by atoms with Crippen LogP contribution in [0.2, 0.25) is 0 Å². The van der Waals surface area contributed by atoms with Gasteiger partial charge in [-0.05, 0) is 24.4 Å². The molecular formula is C9H12Cl4O3. The first-order valence-electron chi connectivity index (χ1n) is 4.63. The van der Waals surface area contributed by atoms with Gasteiger partial charge in [-0.2, -0.15) is 0 Å². The van der Waals surface area contributed by atoms with E-state index < -0.39 is 27.0 Å². The molecule has 0 spiro atoms. The number of carbonyl (C=O) groups is 2. The van der Waals surface area contributed by atoms with Crippen LogP contribution in [0.15, 0.2) is 0 Å². The largest absolute Gasteiger partial charge is 0.460 e. The molecule has 0 aromatic heterocycles. The Balaban J connectivity index is 4.71. The van der Waals surface area contributed by atoms with Gasteiger partial charge in [-0.25, -0.2) is 0 Å². The normalized spacial score (nSPS) is 12.4. The predicted molar refractivity (Wildman–Crippen MR) is 65.1 cm³/mol. The summed E-state index contributed by atoms with van der Waals surface area (Å²) in [5.74, 6) is -0.760. The topological polar surface area (TPSA) is 43.4 Å². The summed E-state index contributed by atoms with van der Waals surface area (Å²) in [6, 6.07) is 0. The molecule has 0 N–H and O–H groups in total. The molecule has 0 saturated carbocycles. The van der Waals surface area contributed by atoms with Crippen molar-refractivity contribution in [2.45, 2.75) is 30.5 Å². The summed E-state index contributed by atoms with van der Waals surface area (Å²) in [7, 11) is 0. The molecule has 0 bridgehead atoms. The monoisotopic (exact) mass is 308 g/mol. The number of hydrogen-bond acceptors (Lipinski definition) is 3. The smallest absolute Gasteiger partial charge is 0.321 e. The summed E-state index contributed by atoms with van der Waals surface area (Å²) in [5.41, 5.74) is -1.35. The van der Waals surface area contributed by atoms with Crippen LogP contribution >= 0.6 is 46.4 Å². The third kappa shape index (κ3) is 4.28. The van der Waals surface area contributed by atoms with Gasteiger partial charge in [-0.3, -0.25) is 9.59 Å². The van der Waals surface area contributed by atoms with Crippen LogP contribution in [-0.2, 0) is 14.3 Å². The molecule has 0 aromatic carbocycles. The molecule has 0 aliphatic heterocycles. The number of alkyl halides is 3. The van der Waals surface area contributed by atoms with E-state index in [1.165, 1.54) is 0 Å². The van der Waals surface area contributed by atoms with E-state index in [9.17, 15) is 9.59 Å². The van der Waals surface area contributed by atoms with E-state index in [-0.39, 0.29) is 12.8 Å². The van der Waals surface area contributed by atoms with E-state index in [0.29, 0.717) is 0 Å². The zero-order valence-electron chi connectivity index (χ0n) is 8.86. The summed E-state index contributed by atoms with van der Waals surface area (Å²) in [5, 5.41) is -0.758. The second-order valence-corrected chi connectivity index (χ2v) is 6.11. The van der Waals surface area contributed by atoms with E-state index >= 15 is 0 Å². The van der Waals surface area contributed by atoms with Gasteiger partial charge in [0.1, 0.15) is 12.0 Å². The van der Waals surface area contributed by atoms with Crippen molar-refractivity contribution >= 4 is 57.6 Å². The highest BCUT2D eigenvalue weighted by Crippen LogP contribution is 2.33. The van der Waals surface area contributed by atoms with Gasteiger partial charge >= 0.3 is 5.97 Å². The molecule has 0 saturated heterocycles. The van der Waals surface area contributed by atoms with Crippen molar-refractivity contribution in [3.63, 3.8) is 0 Å². The van der Waals surface area contributed by atoms with E-state index in [0.717, 1.165) is 0 Å². The Morgan fingerprint density at radius 1 is 1.12 bits per heavy atom. The molecule has 0 aliphatic carbocycles. The molecule has 7 heteroatoms. The van der Waals surface area contributed by atoms with Gasteiger partial charge in [0.05, 0.1) is 0 Å². The van der Waals surface area contributed by atoms with Gasteiger partial charge in [-0.15, -0.1) is 0 Å². The SMILES string of the molecule is CCC(CC)(C(=O)Cl)C(=O)OCC(Cl)(Cl)Cl. The van der Waals surface area contributed by atoms with Crippen LogP contribution in [0.4, 0.5) is 0 Å². The third-order valence-electron chi connectivity index (χ3n) is 2.34. The minimum atomic E-state index is -1.70. The molecule has 0 aromatic rings. The minimum Gasteiger partial charge on any atom is -0.460 e. The summed E-state index contributed by atoms with van der Waals surface area (Å²) in [6.07, 6.45) is 0.481. The summed E-state index contributed by atoms with van der Waals surface area (Å²) in [4.78, 5) is 23.0. The molecule has 16 heavy (non-hydrogen) atoms. The van der Waals surface area contributed by atoms with Crippen LogP contribution in [0.1, 0.15) is 26.7 Å². The van der Waals surface area contributed by atoms with Crippen molar-refractivity contribution in [1.82, 2.24) is 0 Å². The minimum absolute atomic E-state index is 0.241. The molecule has 0 atom stereocenters. The van der Waals surface area contributed by atoms with Crippen molar-refractivity contribution in [3.05, 3.63) is 0 Å². The lowest BCUT2D eigenvalue weighted by molar-refractivity contribution is -0.158. The fourth-order valence-corrected chi connectivity index (χ4v) is 1.69. The van der Waals surface area contributed by atoms with E-state index in [4.69, 9.17) is 51.1 Å². The summed E-state index contributed by atoms with van der Waals surface area (Å²) < 4.78 is 3.08. The Kier molecular flexibility index (Phi) is 6.41. The van der Waals surface area contributed by atoms with Crippen molar-refractivity contribution in [1.29, 1.82) is 0 Å². The quantitative estimate of drug-likeness (QED) is 0.338. The Hall–Kier alpha value is 0.300. The van der Waals surface area contributed by atoms with Gasteiger partial charge in [0, 0.05) is 0 Å². The summed E-state index contributed by atoms with van der Waals surface area (Å²) in [6.45, 7) is 2.92. The Morgan fingerprint density at radius 2 is 1.56 bits per heavy atom. The standard InChI is InChI=1S/C9H12Cl4O3/c1-3-8(4-2,6(10)14)7(15)16-5-9(11,12)13/h3-5H2,1-2H3. The number of halogens is 4. The molecule has 0 radical (unpaired) electrons. The van der Waals surface area contributed by atoms with Gasteiger partial charge in [0.25, 0.3) is 0 Å².